The largest absolute Gasteiger partial charge is 0.352 e. The Hall–Kier alpha value is -2.03. The van der Waals surface area contributed by atoms with Gasteiger partial charge >= 0.3 is 0 Å². The third-order valence-corrected chi connectivity index (χ3v) is 2.82. The summed E-state index contributed by atoms with van der Waals surface area (Å²) in [5.74, 6) is -0.0900. The van der Waals surface area contributed by atoms with Crippen molar-refractivity contribution in [1.29, 1.82) is 0 Å². The zero-order chi connectivity index (χ0) is 13.5. The van der Waals surface area contributed by atoms with E-state index in [1.54, 1.807) is 6.08 Å². The molecule has 96 valence electrons. The molecule has 18 heavy (non-hydrogen) atoms. The standard InChI is InChI=1S/C15H20N2O/c1-5-14(15(18)16-6-2)12(3)17(4)13-10-8-7-9-11-13/h5,7-11H,1,6H2,2-4H3,(H,16,18)/b14-12+. The average Bonchev–Trinajstić information content (AvgIpc) is 2.40. The van der Waals surface area contributed by atoms with Gasteiger partial charge in [-0.1, -0.05) is 30.9 Å². The van der Waals surface area contributed by atoms with Crippen LogP contribution in [0.25, 0.3) is 0 Å². The second-order valence-electron chi connectivity index (χ2n) is 3.96. The van der Waals surface area contributed by atoms with Gasteiger partial charge in [0.15, 0.2) is 0 Å². The molecule has 1 N–H and O–H groups in total. The first kappa shape index (κ1) is 14.0. The topological polar surface area (TPSA) is 32.3 Å². The van der Waals surface area contributed by atoms with Gasteiger partial charge in [-0.05, 0) is 26.0 Å². The summed E-state index contributed by atoms with van der Waals surface area (Å²) in [5.41, 5.74) is 2.52. The lowest BCUT2D eigenvalue weighted by molar-refractivity contribution is -0.117. The lowest BCUT2D eigenvalue weighted by Gasteiger charge is -2.22. The highest BCUT2D eigenvalue weighted by Gasteiger charge is 2.12. The third-order valence-electron chi connectivity index (χ3n) is 2.82. The first-order valence-corrected chi connectivity index (χ1v) is 6.02. The van der Waals surface area contributed by atoms with Crippen LogP contribution in [0.5, 0.6) is 0 Å². The normalized spacial score (nSPS) is 11.5. The molecule has 0 unspecified atom stereocenters. The van der Waals surface area contributed by atoms with Gasteiger partial charge in [-0.3, -0.25) is 4.79 Å². The number of nitrogens with zero attached hydrogens (tertiary/aromatic N) is 1. The summed E-state index contributed by atoms with van der Waals surface area (Å²) in [5, 5.41) is 2.79. The Labute approximate surface area is 109 Å². The van der Waals surface area contributed by atoms with Crippen molar-refractivity contribution < 1.29 is 4.79 Å². The molecule has 0 heterocycles. The monoisotopic (exact) mass is 244 g/mol. The molecule has 0 saturated heterocycles. The quantitative estimate of drug-likeness (QED) is 0.638. The van der Waals surface area contributed by atoms with Crippen molar-refractivity contribution in [2.45, 2.75) is 13.8 Å². The number of allylic oxidation sites excluding steroid dienone is 1. The number of amides is 1. The minimum Gasteiger partial charge on any atom is -0.352 e. The Morgan fingerprint density at radius 1 is 1.39 bits per heavy atom. The van der Waals surface area contributed by atoms with E-state index in [9.17, 15) is 4.79 Å². The van der Waals surface area contributed by atoms with Gasteiger partial charge in [0.05, 0.1) is 5.57 Å². The summed E-state index contributed by atoms with van der Waals surface area (Å²) in [4.78, 5) is 13.9. The first-order chi connectivity index (χ1) is 8.61. The van der Waals surface area contributed by atoms with E-state index in [-0.39, 0.29) is 5.91 Å². The Bertz CT molecular complexity index is 449. The Balaban J connectivity index is 3.05. The number of carbonyl (C=O) groups excluding carboxylic acids is 1. The van der Waals surface area contributed by atoms with Crippen LogP contribution in [0.3, 0.4) is 0 Å². The van der Waals surface area contributed by atoms with Crippen LogP contribution in [-0.4, -0.2) is 19.5 Å². The average molecular weight is 244 g/mol. The molecule has 0 bridgehead atoms. The number of hydrogen-bond acceptors (Lipinski definition) is 2. The molecule has 0 aliphatic carbocycles. The van der Waals surface area contributed by atoms with E-state index in [2.05, 4.69) is 11.9 Å². The van der Waals surface area contributed by atoms with Crippen molar-refractivity contribution in [3.05, 3.63) is 54.3 Å². The summed E-state index contributed by atoms with van der Waals surface area (Å²) >= 11 is 0. The van der Waals surface area contributed by atoms with E-state index >= 15 is 0 Å². The molecule has 0 fully saturated rings. The number of rotatable bonds is 5. The van der Waals surface area contributed by atoms with Crippen LogP contribution in [0.15, 0.2) is 54.3 Å². The molecule has 1 aromatic carbocycles. The number of nitrogens with one attached hydrogen (secondary N) is 1. The molecule has 1 amide bonds. The van der Waals surface area contributed by atoms with Gasteiger partial charge in [0.25, 0.3) is 5.91 Å². The van der Waals surface area contributed by atoms with Gasteiger partial charge in [-0.25, -0.2) is 0 Å². The molecule has 1 rings (SSSR count). The van der Waals surface area contributed by atoms with Crippen molar-refractivity contribution in [1.82, 2.24) is 5.32 Å². The minimum absolute atomic E-state index is 0.0900. The fraction of sp³-hybridized carbons (Fsp3) is 0.267. The maximum absolute atomic E-state index is 11.9. The summed E-state index contributed by atoms with van der Waals surface area (Å²) in [6.45, 7) is 8.14. The van der Waals surface area contributed by atoms with Gasteiger partial charge in [0.2, 0.25) is 0 Å². The van der Waals surface area contributed by atoms with Crippen LogP contribution < -0.4 is 10.2 Å². The molecule has 0 saturated carbocycles. The van der Waals surface area contributed by atoms with Crippen LogP contribution in [-0.2, 0) is 4.79 Å². The van der Waals surface area contributed by atoms with Crippen molar-refractivity contribution in [3.8, 4) is 0 Å². The van der Waals surface area contributed by atoms with Crippen LogP contribution in [0.2, 0.25) is 0 Å². The SMILES string of the molecule is C=C/C(C(=O)NCC)=C(/C)N(C)c1ccccc1. The Kier molecular flexibility index (Phi) is 5.18. The van der Waals surface area contributed by atoms with E-state index in [0.717, 1.165) is 11.4 Å². The van der Waals surface area contributed by atoms with Crippen molar-refractivity contribution in [2.24, 2.45) is 0 Å². The summed E-state index contributed by atoms with van der Waals surface area (Å²) in [6, 6.07) is 9.91. The molecular formula is C15H20N2O. The third kappa shape index (κ3) is 3.23. The fourth-order valence-corrected chi connectivity index (χ4v) is 1.69. The van der Waals surface area contributed by atoms with Crippen molar-refractivity contribution in [2.75, 3.05) is 18.5 Å². The molecule has 0 aromatic heterocycles. The number of para-hydroxylation sites is 1. The lowest BCUT2D eigenvalue weighted by atomic mass is 10.1. The van der Waals surface area contributed by atoms with E-state index in [0.29, 0.717) is 12.1 Å². The summed E-state index contributed by atoms with van der Waals surface area (Å²) < 4.78 is 0. The molecular weight excluding hydrogens is 224 g/mol. The summed E-state index contributed by atoms with van der Waals surface area (Å²) in [7, 11) is 1.94. The van der Waals surface area contributed by atoms with E-state index in [4.69, 9.17) is 0 Å². The predicted octanol–water partition coefficient (Wildman–Crippen LogP) is 2.72. The second kappa shape index (κ2) is 6.64. The van der Waals surface area contributed by atoms with Crippen molar-refractivity contribution >= 4 is 11.6 Å². The molecule has 0 atom stereocenters. The number of anilines is 1. The van der Waals surface area contributed by atoms with Gasteiger partial charge in [0, 0.05) is 25.0 Å². The van der Waals surface area contributed by atoms with Gasteiger partial charge in [-0.2, -0.15) is 0 Å². The van der Waals surface area contributed by atoms with Crippen LogP contribution in [0, 0.1) is 0 Å². The van der Waals surface area contributed by atoms with Gasteiger partial charge in [-0.15, -0.1) is 0 Å². The van der Waals surface area contributed by atoms with E-state index in [1.807, 2.05) is 56.1 Å². The van der Waals surface area contributed by atoms with Crippen LogP contribution in [0.1, 0.15) is 13.8 Å². The molecule has 0 spiro atoms. The minimum atomic E-state index is -0.0900. The number of likely N-dealkylation sites (N-methyl/N-ethyl adjacent to an activating group) is 1. The smallest absolute Gasteiger partial charge is 0.253 e. The fourth-order valence-electron chi connectivity index (χ4n) is 1.69. The predicted molar refractivity (Wildman–Crippen MR) is 76.4 cm³/mol. The van der Waals surface area contributed by atoms with Crippen LogP contribution >= 0.6 is 0 Å². The Morgan fingerprint density at radius 2 is 2.00 bits per heavy atom. The number of benzene rings is 1. The number of hydrogen-bond donors (Lipinski definition) is 1. The van der Waals surface area contributed by atoms with Crippen LogP contribution in [0.4, 0.5) is 5.69 Å². The highest BCUT2D eigenvalue weighted by molar-refractivity contribution is 5.97. The molecule has 3 nitrogen and oxygen atoms in total. The zero-order valence-corrected chi connectivity index (χ0v) is 11.2. The maximum atomic E-state index is 11.9. The maximum Gasteiger partial charge on any atom is 0.253 e. The zero-order valence-electron chi connectivity index (χ0n) is 11.2. The van der Waals surface area contributed by atoms with Gasteiger partial charge < -0.3 is 10.2 Å². The lowest BCUT2D eigenvalue weighted by Crippen LogP contribution is -2.27. The Morgan fingerprint density at radius 3 is 2.50 bits per heavy atom. The molecule has 3 heteroatoms. The summed E-state index contributed by atoms with van der Waals surface area (Å²) in [6.07, 6.45) is 1.60. The highest BCUT2D eigenvalue weighted by atomic mass is 16.1. The second-order valence-corrected chi connectivity index (χ2v) is 3.96. The van der Waals surface area contributed by atoms with E-state index < -0.39 is 0 Å². The first-order valence-electron chi connectivity index (χ1n) is 6.02. The molecule has 0 radical (unpaired) electrons. The highest BCUT2D eigenvalue weighted by Crippen LogP contribution is 2.19. The number of carbonyl (C=O) groups is 1. The van der Waals surface area contributed by atoms with Gasteiger partial charge in [0.1, 0.15) is 0 Å². The molecule has 0 aliphatic heterocycles. The van der Waals surface area contributed by atoms with Crippen molar-refractivity contribution in [3.63, 3.8) is 0 Å². The van der Waals surface area contributed by atoms with E-state index in [1.165, 1.54) is 0 Å². The molecule has 0 aliphatic rings. The molecule has 1 aromatic rings.